The molecule has 3 N–H and O–H groups in total. The summed E-state index contributed by atoms with van der Waals surface area (Å²) in [5.41, 5.74) is 0.304. The Morgan fingerprint density at radius 3 is 2.73 bits per heavy atom. The quantitative estimate of drug-likeness (QED) is 0.507. The summed E-state index contributed by atoms with van der Waals surface area (Å²) >= 11 is 6.27. The van der Waals surface area contributed by atoms with Crippen LogP contribution < -0.4 is 19.5 Å². The van der Waals surface area contributed by atoms with E-state index in [-0.39, 0.29) is 23.0 Å². The Morgan fingerprint density at radius 2 is 2.07 bits per heavy atom. The number of hydrogen-bond donors (Lipinski definition) is 3. The average Bonchev–Trinajstić information content (AvgIpc) is 2.75. The number of aliphatic hydroxyl groups is 2. The Bertz CT molecular complexity index is 746. The predicted molar refractivity (Wildman–Crippen MR) is 110 cm³/mol. The van der Waals surface area contributed by atoms with Gasteiger partial charge in [-0.3, -0.25) is 4.79 Å². The van der Waals surface area contributed by atoms with E-state index in [4.69, 9.17) is 40.8 Å². The SMILES string of the molecule is COc1c(Cl)cc(C(=O)NC[C@@H]2CCN(CCC(O)O)CC2OC)c2c1OCCO2. The van der Waals surface area contributed by atoms with Crippen LogP contribution in [0, 0.1) is 5.92 Å². The maximum absolute atomic E-state index is 12.9. The van der Waals surface area contributed by atoms with Gasteiger partial charge in [0.1, 0.15) is 13.2 Å². The van der Waals surface area contributed by atoms with Crippen LogP contribution in [0.15, 0.2) is 6.07 Å². The third-order valence-electron chi connectivity index (χ3n) is 5.48. The van der Waals surface area contributed by atoms with Gasteiger partial charge in [-0.05, 0) is 19.0 Å². The van der Waals surface area contributed by atoms with Crippen LogP contribution in [0.3, 0.4) is 0 Å². The van der Waals surface area contributed by atoms with Crippen LogP contribution in [0.4, 0.5) is 0 Å². The number of ether oxygens (including phenoxy) is 4. The monoisotopic (exact) mass is 444 g/mol. The Morgan fingerprint density at radius 1 is 1.33 bits per heavy atom. The molecule has 1 amide bonds. The molecule has 1 fully saturated rings. The second kappa shape index (κ2) is 10.5. The normalized spacial score (nSPS) is 21.5. The van der Waals surface area contributed by atoms with Crippen molar-refractivity contribution in [2.75, 3.05) is 53.6 Å². The van der Waals surface area contributed by atoms with Gasteiger partial charge in [0.2, 0.25) is 5.75 Å². The molecule has 0 radical (unpaired) electrons. The van der Waals surface area contributed by atoms with E-state index < -0.39 is 6.29 Å². The van der Waals surface area contributed by atoms with Crippen LogP contribution in [-0.4, -0.2) is 87.0 Å². The molecule has 2 heterocycles. The number of methoxy groups -OCH3 is 2. The smallest absolute Gasteiger partial charge is 0.255 e. The van der Waals surface area contributed by atoms with Crippen molar-refractivity contribution in [2.24, 2.45) is 5.92 Å². The number of nitrogens with one attached hydrogen (secondary N) is 1. The molecule has 2 aliphatic rings. The van der Waals surface area contributed by atoms with Gasteiger partial charge in [0, 0.05) is 39.1 Å². The first-order chi connectivity index (χ1) is 14.4. The lowest BCUT2D eigenvalue weighted by molar-refractivity contribution is -0.0601. The van der Waals surface area contributed by atoms with Gasteiger partial charge in [0.15, 0.2) is 17.8 Å². The fourth-order valence-electron chi connectivity index (χ4n) is 3.86. The summed E-state index contributed by atoms with van der Waals surface area (Å²) in [5, 5.41) is 21.4. The molecule has 1 saturated heterocycles. The number of rotatable bonds is 8. The van der Waals surface area contributed by atoms with Crippen LogP contribution in [-0.2, 0) is 4.74 Å². The molecule has 9 nitrogen and oxygen atoms in total. The average molecular weight is 445 g/mol. The van der Waals surface area contributed by atoms with Gasteiger partial charge in [0.05, 0.1) is 23.8 Å². The lowest BCUT2D eigenvalue weighted by Gasteiger charge is -2.38. The number of nitrogens with zero attached hydrogens (tertiary/aromatic N) is 1. The fourth-order valence-corrected chi connectivity index (χ4v) is 4.13. The van der Waals surface area contributed by atoms with Gasteiger partial charge in [-0.15, -0.1) is 0 Å². The second-order valence-electron chi connectivity index (χ2n) is 7.40. The van der Waals surface area contributed by atoms with E-state index in [0.717, 1.165) is 13.0 Å². The summed E-state index contributed by atoms with van der Waals surface area (Å²) in [4.78, 5) is 15.0. The van der Waals surface area contributed by atoms with E-state index >= 15 is 0 Å². The molecule has 168 valence electrons. The molecule has 0 bridgehead atoms. The molecule has 0 aliphatic carbocycles. The highest BCUT2D eigenvalue weighted by Crippen LogP contribution is 2.46. The van der Waals surface area contributed by atoms with Crippen molar-refractivity contribution in [3.8, 4) is 17.2 Å². The number of carbonyl (C=O) groups excluding carboxylic acids is 1. The predicted octanol–water partition coefficient (Wildman–Crippen LogP) is 0.887. The largest absolute Gasteiger partial charge is 0.491 e. The maximum atomic E-state index is 12.9. The van der Waals surface area contributed by atoms with Gasteiger partial charge < -0.3 is 39.4 Å². The van der Waals surface area contributed by atoms with E-state index in [9.17, 15) is 4.79 Å². The topological polar surface area (TPSA) is 110 Å². The van der Waals surface area contributed by atoms with E-state index in [0.29, 0.717) is 62.1 Å². The number of aliphatic hydroxyl groups excluding tert-OH is 1. The first kappa shape index (κ1) is 22.9. The van der Waals surface area contributed by atoms with Crippen LogP contribution in [0.1, 0.15) is 23.2 Å². The molecule has 2 aliphatic heterocycles. The Balaban J connectivity index is 1.64. The highest BCUT2D eigenvalue weighted by Gasteiger charge is 2.31. The number of amides is 1. The van der Waals surface area contributed by atoms with Gasteiger partial charge >= 0.3 is 0 Å². The van der Waals surface area contributed by atoms with Crippen molar-refractivity contribution in [1.29, 1.82) is 0 Å². The molecular formula is C20H29ClN2O7. The molecule has 0 saturated carbocycles. The van der Waals surface area contributed by atoms with Crippen LogP contribution in [0.5, 0.6) is 17.2 Å². The van der Waals surface area contributed by atoms with E-state index in [1.807, 2.05) is 0 Å². The number of carbonyl (C=O) groups is 1. The molecule has 10 heteroatoms. The van der Waals surface area contributed by atoms with Gasteiger partial charge in [-0.1, -0.05) is 11.6 Å². The fraction of sp³-hybridized carbons (Fsp3) is 0.650. The van der Waals surface area contributed by atoms with Crippen molar-refractivity contribution < 1.29 is 34.0 Å². The number of halogens is 1. The molecule has 2 atom stereocenters. The zero-order valence-corrected chi connectivity index (χ0v) is 18.0. The number of benzene rings is 1. The van der Waals surface area contributed by atoms with Gasteiger partial charge in [-0.25, -0.2) is 0 Å². The van der Waals surface area contributed by atoms with Gasteiger partial charge in [0.25, 0.3) is 5.91 Å². The maximum Gasteiger partial charge on any atom is 0.255 e. The third kappa shape index (κ3) is 5.28. The first-order valence-electron chi connectivity index (χ1n) is 10.00. The molecule has 1 aromatic carbocycles. The van der Waals surface area contributed by atoms with E-state index in [2.05, 4.69) is 10.2 Å². The lowest BCUT2D eigenvalue weighted by atomic mass is 9.93. The van der Waals surface area contributed by atoms with Crippen LogP contribution >= 0.6 is 11.6 Å². The summed E-state index contributed by atoms with van der Waals surface area (Å²) in [5.74, 6) is 0.858. The number of hydrogen-bond acceptors (Lipinski definition) is 8. The number of fused-ring (bicyclic) bond motifs is 1. The van der Waals surface area contributed by atoms with Gasteiger partial charge in [-0.2, -0.15) is 0 Å². The molecule has 1 unspecified atom stereocenters. The molecule has 1 aromatic rings. The molecular weight excluding hydrogens is 416 g/mol. The molecule has 0 spiro atoms. The third-order valence-corrected chi connectivity index (χ3v) is 5.76. The van der Waals surface area contributed by atoms with Crippen molar-refractivity contribution in [3.05, 3.63) is 16.7 Å². The van der Waals surface area contributed by atoms with Crippen molar-refractivity contribution in [3.63, 3.8) is 0 Å². The van der Waals surface area contributed by atoms with Crippen LogP contribution in [0.25, 0.3) is 0 Å². The first-order valence-corrected chi connectivity index (χ1v) is 10.4. The molecule has 30 heavy (non-hydrogen) atoms. The second-order valence-corrected chi connectivity index (χ2v) is 7.80. The van der Waals surface area contributed by atoms with Crippen molar-refractivity contribution >= 4 is 17.5 Å². The zero-order chi connectivity index (χ0) is 21.7. The standard InChI is InChI=1S/C20H29ClN2O7/c1-27-15-11-23(6-4-16(24)25)5-3-12(15)10-22-20(26)13-9-14(21)18(28-2)19-17(13)29-7-8-30-19/h9,12,15-16,24-25H,3-8,10-11H2,1-2H3,(H,22,26)/t12-,15?/m0/s1. The number of likely N-dealkylation sites (tertiary alicyclic amines) is 1. The molecule has 3 rings (SSSR count). The van der Waals surface area contributed by atoms with Crippen molar-refractivity contribution in [2.45, 2.75) is 25.2 Å². The summed E-state index contributed by atoms with van der Waals surface area (Å²) in [6.45, 7) is 3.19. The van der Waals surface area contributed by atoms with E-state index in [1.54, 1.807) is 7.11 Å². The Kier molecular flexibility index (Phi) is 8.01. The Hall–Kier alpha value is -1.78. The summed E-state index contributed by atoms with van der Waals surface area (Å²) in [7, 11) is 3.13. The van der Waals surface area contributed by atoms with E-state index in [1.165, 1.54) is 13.2 Å². The van der Waals surface area contributed by atoms with Crippen LogP contribution in [0.2, 0.25) is 5.02 Å². The zero-order valence-electron chi connectivity index (χ0n) is 17.2. The highest BCUT2D eigenvalue weighted by molar-refractivity contribution is 6.33. The summed E-state index contributed by atoms with van der Waals surface area (Å²) in [6, 6.07) is 1.53. The minimum absolute atomic E-state index is 0.0668. The van der Waals surface area contributed by atoms with Crippen molar-refractivity contribution in [1.82, 2.24) is 10.2 Å². The number of piperidine rings is 1. The Labute approximate surface area is 180 Å². The highest BCUT2D eigenvalue weighted by atomic mass is 35.5. The summed E-state index contributed by atoms with van der Waals surface area (Å²) in [6.07, 6.45) is -0.260. The molecule has 0 aromatic heterocycles. The minimum Gasteiger partial charge on any atom is -0.491 e. The lowest BCUT2D eigenvalue weighted by Crippen LogP contribution is -2.49. The minimum atomic E-state index is -1.31. The summed E-state index contributed by atoms with van der Waals surface area (Å²) < 4.78 is 22.2.